The van der Waals surface area contributed by atoms with Gasteiger partial charge in [0.1, 0.15) is 5.58 Å². The van der Waals surface area contributed by atoms with Gasteiger partial charge in [-0.05, 0) is 45.3 Å². The molecular weight excluding hydrogens is 297 g/mol. The van der Waals surface area contributed by atoms with Crippen molar-refractivity contribution in [1.82, 2.24) is 0 Å². The molecule has 1 saturated heterocycles. The summed E-state index contributed by atoms with van der Waals surface area (Å²) < 4.78 is 22.2. The van der Waals surface area contributed by atoms with Crippen LogP contribution in [0.2, 0.25) is 0 Å². The van der Waals surface area contributed by atoms with Crippen molar-refractivity contribution in [3.05, 3.63) is 24.0 Å². The molecule has 0 spiro atoms. The second-order valence-corrected chi connectivity index (χ2v) is 6.68. The van der Waals surface area contributed by atoms with Crippen LogP contribution in [0.5, 0.6) is 0 Å². The zero-order valence-electron chi connectivity index (χ0n) is 13.9. The van der Waals surface area contributed by atoms with Crippen LogP contribution < -0.4 is 11.2 Å². The van der Waals surface area contributed by atoms with Gasteiger partial charge in [0.2, 0.25) is 5.76 Å². The highest BCUT2D eigenvalue weighted by Gasteiger charge is 2.51. The molecule has 0 atom stereocenters. The van der Waals surface area contributed by atoms with Gasteiger partial charge in [0.15, 0.2) is 0 Å². The Morgan fingerprint density at radius 2 is 1.78 bits per heavy atom. The second kappa shape index (κ2) is 5.01. The fourth-order valence-electron chi connectivity index (χ4n) is 2.50. The van der Waals surface area contributed by atoms with Gasteiger partial charge in [-0.25, -0.2) is 4.79 Å². The van der Waals surface area contributed by atoms with Gasteiger partial charge in [-0.2, -0.15) is 0 Å². The van der Waals surface area contributed by atoms with Gasteiger partial charge in [-0.3, -0.25) is 0 Å². The third-order valence-electron chi connectivity index (χ3n) is 4.65. The van der Waals surface area contributed by atoms with E-state index < -0.39 is 24.3 Å². The highest BCUT2D eigenvalue weighted by molar-refractivity contribution is 6.62. The summed E-state index contributed by atoms with van der Waals surface area (Å²) in [7, 11) is 0.783. The molecule has 6 nitrogen and oxygen atoms in total. The monoisotopic (exact) mass is 317 g/mol. The first-order valence-electron chi connectivity index (χ1n) is 7.42. The number of carbonyl (C=O) groups excluding carboxylic acids is 1. The first kappa shape index (κ1) is 15.9. The first-order valence-corrected chi connectivity index (χ1v) is 7.42. The topological polar surface area (TPSA) is 83.9 Å². The van der Waals surface area contributed by atoms with Crippen molar-refractivity contribution < 1.29 is 23.3 Å². The van der Waals surface area contributed by atoms with Crippen LogP contribution in [0.4, 0.5) is 5.69 Å². The quantitative estimate of drug-likeness (QED) is 0.674. The Kier molecular flexibility index (Phi) is 3.46. The molecule has 0 aliphatic carbocycles. The lowest BCUT2D eigenvalue weighted by molar-refractivity contribution is 0.00578. The average Bonchev–Trinajstić information content (AvgIpc) is 2.92. The maximum atomic E-state index is 11.7. The summed E-state index contributed by atoms with van der Waals surface area (Å²) in [5.74, 6) is -0.593. The smallest absolute Gasteiger partial charge is 0.463 e. The SMILES string of the molecule is COC(=O)c1oc2ccc(B3OC(C)(C)C(C)(C)O3)cc2c1N. The van der Waals surface area contributed by atoms with E-state index in [0.717, 1.165) is 5.46 Å². The van der Waals surface area contributed by atoms with Crippen molar-refractivity contribution in [2.45, 2.75) is 38.9 Å². The number of hydrogen-bond donors (Lipinski definition) is 1. The van der Waals surface area contributed by atoms with Crippen LogP contribution in [0.3, 0.4) is 0 Å². The Morgan fingerprint density at radius 3 is 2.35 bits per heavy atom. The highest BCUT2D eigenvalue weighted by Crippen LogP contribution is 2.37. The van der Waals surface area contributed by atoms with E-state index in [-0.39, 0.29) is 11.4 Å². The Labute approximate surface area is 135 Å². The normalized spacial score (nSPS) is 19.3. The molecule has 23 heavy (non-hydrogen) atoms. The predicted molar refractivity (Wildman–Crippen MR) is 87.7 cm³/mol. The molecule has 0 saturated carbocycles. The number of carbonyl (C=O) groups is 1. The molecule has 1 aliphatic heterocycles. The van der Waals surface area contributed by atoms with E-state index in [9.17, 15) is 4.79 Å². The molecule has 2 aromatic rings. The number of anilines is 1. The molecule has 122 valence electrons. The zero-order valence-corrected chi connectivity index (χ0v) is 13.9. The molecule has 3 rings (SSSR count). The number of methoxy groups -OCH3 is 1. The Morgan fingerprint density at radius 1 is 1.17 bits per heavy atom. The minimum absolute atomic E-state index is 0.00793. The lowest BCUT2D eigenvalue weighted by atomic mass is 9.78. The van der Waals surface area contributed by atoms with Crippen molar-refractivity contribution in [3.8, 4) is 0 Å². The van der Waals surface area contributed by atoms with Gasteiger partial charge < -0.3 is 24.2 Å². The van der Waals surface area contributed by atoms with Crippen molar-refractivity contribution in [2.75, 3.05) is 12.8 Å². The maximum Gasteiger partial charge on any atom is 0.494 e. The highest BCUT2D eigenvalue weighted by atomic mass is 16.7. The number of fused-ring (bicyclic) bond motifs is 1. The molecule has 1 aromatic carbocycles. The van der Waals surface area contributed by atoms with E-state index >= 15 is 0 Å². The number of hydrogen-bond acceptors (Lipinski definition) is 6. The summed E-state index contributed by atoms with van der Waals surface area (Å²) in [6, 6.07) is 5.41. The molecule has 7 heteroatoms. The number of nitrogens with two attached hydrogens (primary N) is 1. The molecule has 0 radical (unpaired) electrons. The molecular formula is C16H20BNO5. The van der Waals surface area contributed by atoms with Crippen LogP contribution in [0.1, 0.15) is 38.2 Å². The lowest BCUT2D eigenvalue weighted by Crippen LogP contribution is -2.41. The van der Waals surface area contributed by atoms with Gasteiger partial charge in [0.25, 0.3) is 0 Å². The summed E-state index contributed by atoms with van der Waals surface area (Å²) in [5, 5.41) is 0.637. The van der Waals surface area contributed by atoms with Crippen molar-refractivity contribution >= 4 is 35.2 Å². The second-order valence-electron chi connectivity index (χ2n) is 6.68. The van der Waals surface area contributed by atoms with Gasteiger partial charge in [-0.15, -0.1) is 0 Å². The summed E-state index contributed by atoms with van der Waals surface area (Å²) in [5.41, 5.74) is 6.75. The van der Waals surface area contributed by atoms with Gasteiger partial charge in [0, 0.05) is 5.39 Å². The van der Waals surface area contributed by atoms with Crippen LogP contribution in [0.25, 0.3) is 11.0 Å². The number of furan rings is 1. The van der Waals surface area contributed by atoms with Gasteiger partial charge in [-0.1, -0.05) is 6.07 Å². The third-order valence-corrected chi connectivity index (χ3v) is 4.65. The molecule has 0 unspecified atom stereocenters. The molecule has 1 aromatic heterocycles. The first-order chi connectivity index (χ1) is 10.7. The average molecular weight is 317 g/mol. The molecule has 2 N–H and O–H groups in total. The summed E-state index contributed by atoms with van der Waals surface area (Å²) in [4.78, 5) is 11.7. The van der Waals surface area contributed by atoms with Crippen LogP contribution in [0.15, 0.2) is 22.6 Å². The van der Waals surface area contributed by atoms with Gasteiger partial charge in [0.05, 0.1) is 24.0 Å². The van der Waals surface area contributed by atoms with Crippen LogP contribution in [-0.4, -0.2) is 31.4 Å². The van der Waals surface area contributed by atoms with Crippen molar-refractivity contribution in [2.24, 2.45) is 0 Å². The lowest BCUT2D eigenvalue weighted by Gasteiger charge is -2.32. The summed E-state index contributed by atoms with van der Waals surface area (Å²) in [6.45, 7) is 7.97. The molecule has 1 aliphatic rings. The van der Waals surface area contributed by atoms with E-state index in [1.807, 2.05) is 39.8 Å². The van der Waals surface area contributed by atoms with Crippen LogP contribution in [-0.2, 0) is 14.0 Å². The Bertz CT molecular complexity index is 764. The van der Waals surface area contributed by atoms with Crippen molar-refractivity contribution in [1.29, 1.82) is 0 Å². The zero-order chi connectivity index (χ0) is 17.0. The molecule has 2 heterocycles. The number of rotatable bonds is 2. The standard InChI is InChI=1S/C16H20BNO5/c1-15(2)16(3,4)23-17(22-15)9-6-7-11-10(8-9)12(18)13(21-11)14(19)20-5/h6-8H,18H2,1-5H3. The molecule has 0 amide bonds. The number of benzene rings is 1. The van der Waals surface area contributed by atoms with E-state index in [1.54, 1.807) is 6.07 Å². The van der Waals surface area contributed by atoms with Crippen molar-refractivity contribution in [3.63, 3.8) is 0 Å². The Hall–Kier alpha value is -1.99. The van der Waals surface area contributed by atoms with E-state index in [2.05, 4.69) is 4.74 Å². The van der Waals surface area contributed by atoms with E-state index in [1.165, 1.54) is 7.11 Å². The molecule has 1 fully saturated rings. The maximum absolute atomic E-state index is 11.7. The number of ether oxygens (including phenoxy) is 1. The predicted octanol–water partition coefficient (Wildman–Crippen LogP) is 2.10. The fraction of sp³-hybridized carbons (Fsp3) is 0.438. The van der Waals surface area contributed by atoms with Crippen LogP contribution in [0, 0.1) is 0 Å². The number of nitrogen functional groups attached to an aromatic ring is 1. The largest absolute Gasteiger partial charge is 0.494 e. The minimum atomic E-state index is -0.601. The number of esters is 1. The van der Waals surface area contributed by atoms with E-state index in [0.29, 0.717) is 11.0 Å². The third kappa shape index (κ3) is 2.40. The minimum Gasteiger partial charge on any atom is -0.463 e. The Balaban J connectivity index is 2.01. The fourth-order valence-corrected chi connectivity index (χ4v) is 2.50. The van der Waals surface area contributed by atoms with Gasteiger partial charge >= 0.3 is 13.1 Å². The van der Waals surface area contributed by atoms with Crippen LogP contribution >= 0.6 is 0 Å². The van der Waals surface area contributed by atoms with E-state index in [4.69, 9.17) is 19.5 Å². The summed E-state index contributed by atoms with van der Waals surface area (Å²) in [6.07, 6.45) is 0. The summed E-state index contributed by atoms with van der Waals surface area (Å²) >= 11 is 0. The molecule has 0 bridgehead atoms.